The zero-order chi connectivity index (χ0) is 33.5. The van der Waals surface area contributed by atoms with Gasteiger partial charge in [-0.3, -0.25) is 0 Å². The second-order valence-electron chi connectivity index (χ2n) is 14.7. The minimum atomic E-state index is -0.126. The lowest BCUT2D eigenvalue weighted by Gasteiger charge is -2.33. The first kappa shape index (κ1) is 31.3. The molecule has 0 aliphatic rings. The standard InChI is InChI=1S/C46H44N2/c1-45(2,3)43-39-29-27-37(47(33-19-11-7-12-20-33)34-21-13-8-14-22-34)31-41(39)44(46(4,5)6)42-32-38(28-30-40(42)43)48(35-23-15-9-16-24-35)36-25-17-10-18-26-36/h7-32H,1-6H3. The van der Waals surface area contributed by atoms with Gasteiger partial charge in [0.25, 0.3) is 0 Å². The van der Waals surface area contributed by atoms with Gasteiger partial charge >= 0.3 is 0 Å². The summed E-state index contributed by atoms with van der Waals surface area (Å²) in [5.74, 6) is 0. The fourth-order valence-electron chi connectivity index (χ4n) is 7.30. The summed E-state index contributed by atoms with van der Waals surface area (Å²) in [7, 11) is 0. The predicted octanol–water partition coefficient (Wildman–Crippen LogP) is 13.5. The lowest BCUT2D eigenvalue weighted by molar-refractivity contribution is 0.593. The summed E-state index contributed by atoms with van der Waals surface area (Å²) in [6.07, 6.45) is 0. The van der Waals surface area contributed by atoms with Gasteiger partial charge in [0, 0.05) is 34.1 Å². The lowest BCUT2D eigenvalue weighted by Crippen LogP contribution is -2.18. The largest absolute Gasteiger partial charge is 0.310 e. The van der Waals surface area contributed by atoms with Crippen molar-refractivity contribution < 1.29 is 0 Å². The molecule has 0 aliphatic heterocycles. The number of benzene rings is 7. The van der Waals surface area contributed by atoms with E-state index in [1.807, 2.05) is 0 Å². The van der Waals surface area contributed by atoms with Crippen LogP contribution in [0.2, 0.25) is 0 Å². The Balaban J connectivity index is 1.56. The summed E-state index contributed by atoms with van der Waals surface area (Å²) in [6.45, 7) is 14.1. The maximum absolute atomic E-state index is 2.43. The summed E-state index contributed by atoms with van der Waals surface area (Å²) < 4.78 is 0. The third kappa shape index (κ3) is 5.84. The van der Waals surface area contributed by atoms with Crippen LogP contribution >= 0.6 is 0 Å². The van der Waals surface area contributed by atoms with E-state index < -0.39 is 0 Å². The Morgan fingerprint density at radius 1 is 0.292 bits per heavy atom. The molecule has 0 spiro atoms. The third-order valence-electron chi connectivity index (χ3n) is 9.16. The van der Waals surface area contributed by atoms with Gasteiger partial charge in [-0.2, -0.15) is 0 Å². The Kier molecular flexibility index (Phi) is 8.05. The van der Waals surface area contributed by atoms with Gasteiger partial charge in [0.1, 0.15) is 0 Å². The molecule has 0 aromatic heterocycles. The first-order valence-corrected chi connectivity index (χ1v) is 17.0. The van der Waals surface area contributed by atoms with Crippen LogP contribution in [0.3, 0.4) is 0 Å². The first-order chi connectivity index (χ1) is 23.1. The molecule has 0 saturated heterocycles. The quantitative estimate of drug-likeness (QED) is 0.170. The summed E-state index contributed by atoms with van der Waals surface area (Å²) in [5, 5.41) is 5.25. The summed E-state index contributed by atoms with van der Waals surface area (Å²) in [6, 6.07) is 57.0. The van der Waals surface area contributed by atoms with Crippen LogP contribution in [0.4, 0.5) is 34.1 Å². The van der Waals surface area contributed by atoms with Gasteiger partial charge < -0.3 is 9.80 Å². The molecular formula is C46H44N2. The molecule has 0 saturated carbocycles. The molecule has 0 aliphatic carbocycles. The van der Waals surface area contributed by atoms with Gasteiger partial charge in [0.15, 0.2) is 0 Å². The van der Waals surface area contributed by atoms with E-state index in [2.05, 4.69) is 209 Å². The Labute approximate surface area is 285 Å². The minimum absolute atomic E-state index is 0.0763. The molecular weight excluding hydrogens is 581 g/mol. The van der Waals surface area contributed by atoms with Crippen LogP contribution in [0, 0.1) is 0 Å². The predicted molar refractivity (Wildman–Crippen MR) is 208 cm³/mol. The average Bonchev–Trinajstić information content (AvgIpc) is 3.08. The van der Waals surface area contributed by atoms with Crippen molar-refractivity contribution in [1.82, 2.24) is 0 Å². The van der Waals surface area contributed by atoms with Crippen LogP contribution < -0.4 is 9.80 Å². The molecule has 0 fully saturated rings. The van der Waals surface area contributed by atoms with Gasteiger partial charge in [-0.05, 0) is 116 Å². The Hall–Kier alpha value is -5.34. The van der Waals surface area contributed by atoms with Crippen LogP contribution in [0.15, 0.2) is 158 Å². The van der Waals surface area contributed by atoms with Crippen molar-refractivity contribution in [3.05, 3.63) is 169 Å². The molecule has 7 rings (SSSR count). The second-order valence-corrected chi connectivity index (χ2v) is 14.7. The van der Waals surface area contributed by atoms with E-state index in [0.29, 0.717) is 0 Å². The third-order valence-corrected chi connectivity index (χ3v) is 9.16. The van der Waals surface area contributed by atoms with Crippen molar-refractivity contribution in [2.75, 3.05) is 9.80 Å². The molecule has 7 aromatic rings. The number of nitrogens with zero attached hydrogens (tertiary/aromatic N) is 2. The zero-order valence-corrected chi connectivity index (χ0v) is 28.9. The van der Waals surface area contributed by atoms with Crippen molar-refractivity contribution >= 4 is 55.7 Å². The number of anilines is 6. The van der Waals surface area contributed by atoms with E-state index >= 15 is 0 Å². The highest BCUT2D eigenvalue weighted by molar-refractivity contribution is 6.09. The fraction of sp³-hybridized carbons (Fsp3) is 0.174. The second kappa shape index (κ2) is 12.4. The summed E-state index contributed by atoms with van der Waals surface area (Å²) in [4.78, 5) is 4.74. The number of hydrogen-bond donors (Lipinski definition) is 0. The van der Waals surface area contributed by atoms with Gasteiger partial charge in [-0.1, -0.05) is 126 Å². The van der Waals surface area contributed by atoms with Crippen LogP contribution in [0.25, 0.3) is 21.5 Å². The fourth-order valence-corrected chi connectivity index (χ4v) is 7.30. The normalized spacial score (nSPS) is 12.0. The van der Waals surface area contributed by atoms with Crippen LogP contribution in [-0.2, 0) is 10.8 Å². The Morgan fingerprint density at radius 3 is 0.833 bits per heavy atom. The maximum atomic E-state index is 2.43. The highest BCUT2D eigenvalue weighted by Gasteiger charge is 2.29. The molecule has 0 heterocycles. The minimum Gasteiger partial charge on any atom is -0.310 e. The SMILES string of the molecule is CC(C)(C)c1c2ccc(N(c3ccccc3)c3ccccc3)cc2c(C(C)(C)C)c2cc(N(c3ccccc3)c3ccccc3)ccc12. The molecule has 0 radical (unpaired) electrons. The van der Waals surface area contributed by atoms with Crippen molar-refractivity contribution in [2.24, 2.45) is 0 Å². The zero-order valence-electron chi connectivity index (χ0n) is 28.9. The number of fused-ring (bicyclic) bond motifs is 2. The van der Waals surface area contributed by atoms with Crippen molar-refractivity contribution in [1.29, 1.82) is 0 Å². The Morgan fingerprint density at radius 2 is 0.562 bits per heavy atom. The topological polar surface area (TPSA) is 6.48 Å². The number of para-hydroxylation sites is 4. The maximum Gasteiger partial charge on any atom is 0.0468 e. The Bertz CT molecular complexity index is 1950. The summed E-state index contributed by atoms with van der Waals surface area (Å²) >= 11 is 0. The van der Waals surface area contributed by atoms with Crippen molar-refractivity contribution in [3.8, 4) is 0 Å². The molecule has 0 unspecified atom stereocenters. The monoisotopic (exact) mass is 624 g/mol. The molecule has 0 N–H and O–H groups in total. The van der Waals surface area contributed by atoms with E-state index in [9.17, 15) is 0 Å². The number of rotatable bonds is 6. The highest BCUT2D eigenvalue weighted by Crippen LogP contribution is 2.48. The van der Waals surface area contributed by atoms with Crippen molar-refractivity contribution in [3.63, 3.8) is 0 Å². The summed E-state index contributed by atoms with van der Waals surface area (Å²) in [5.41, 5.74) is 9.41. The molecule has 0 bridgehead atoms. The van der Waals surface area contributed by atoms with Gasteiger partial charge in [0.2, 0.25) is 0 Å². The first-order valence-electron chi connectivity index (χ1n) is 17.0. The van der Waals surface area contributed by atoms with Gasteiger partial charge in [-0.15, -0.1) is 0 Å². The van der Waals surface area contributed by atoms with Crippen LogP contribution in [-0.4, -0.2) is 0 Å². The van der Waals surface area contributed by atoms with E-state index in [-0.39, 0.29) is 10.8 Å². The number of hydrogen-bond acceptors (Lipinski definition) is 2. The van der Waals surface area contributed by atoms with E-state index in [4.69, 9.17) is 0 Å². The molecule has 0 atom stereocenters. The van der Waals surface area contributed by atoms with Crippen LogP contribution in [0.1, 0.15) is 52.7 Å². The van der Waals surface area contributed by atoms with Crippen molar-refractivity contribution in [2.45, 2.75) is 52.4 Å². The molecule has 2 nitrogen and oxygen atoms in total. The lowest BCUT2D eigenvalue weighted by atomic mass is 9.74. The van der Waals surface area contributed by atoms with E-state index in [1.165, 1.54) is 32.7 Å². The molecule has 7 aromatic carbocycles. The molecule has 238 valence electrons. The van der Waals surface area contributed by atoms with E-state index in [0.717, 1.165) is 34.1 Å². The molecule has 0 amide bonds. The van der Waals surface area contributed by atoms with Gasteiger partial charge in [-0.25, -0.2) is 0 Å². The average molecular weight is 625 g/mol. The molecule has 48 heavy (non-hydrogen) atoms. The smallest absolute Gasteiger partial charge is 0.0468 e. The highest BCUT2D eigenvalue weighted by atomic mass is 15.1. The molecule has 2 heteroatoms. The van der Waals surface area contributed by atoms with Gasteiger partial charge in [0.05, 0.1) is 0 Å². The van der Waals surface area contributed by atoms with Crippen LogP contribution in [0.5, 0.6) is 0 Å². The van der Waals surface area contributed by atoms with E-state index in [1.54, 1.807) is 0 Å².